The fourth-order valence-corrected chi connectivity index (χ4v) is 0.927. The van der Waals surface area contributed by atoms with Gasteiger partial charge >= 0.3 is 17.8 Å². The van der Waals surface area contributed by atoms with Gasteiger partial charge in [-0.05, 0) is 0 Å². The van der Waals surface area contributed by atoms with Crippen LogP contribution in [0, 0.1) is 0 Å². The first kappa shape index (κ1) is 12.2. The van der Waals surface area contributed by atoms with Crippen molar-refractivity contribution in [3.05, 3.63) is 11.7 Å². The van der Waals surface area contributed by atoms with Gasteiger partial charge in [0.15, 0.2) is 5.83 Å². The van der Waals surface area contributed by atoms with Crippen LogP contribution in [0.15, 0.2) is 11.7 Å². The Balaban J connectivity index is 3.49. The minimum atomic E-state index is -6.32. The highest BCUT2D eigenvalue weighted by molar-refractivity contribution is 5.28. The van der Waals surface area contributed by atoms with Crippen LogP contribution >= 0.6 is 0 Å². The molecule has 1 aliphatic rings. The van der Waals surface area contributed by atoms with Gasteiger partial charge in [0.25, 0.3) is 0 Å². The van der Waals surface area contributed by atoms with Crippen molar-refractivity contribution in [2.45, 2.75) is 23.9 Å². The quantitative estimate of drug-likeness (QED) is 0.573. The second-order valence-electron chi connectivity index (χ2n) is 2.80. The van der Waals surface area contributed by atoms with Crippen molar-refractivity contribution >= 4 is 0 Å². The molecule has 0 saturated carbocycles. The third kappa shape index (κ3) is 1.18. The summed E-state index contributed by atoms with van der Waals surface area (Å²) in [5, 5.41) is 0. The average Bonchev–Trinajstić information content (AvgIpc) is 2.12. The lowest BCUT2D eigenvalue weighted by atomic mass is 9.92. The zero-order valence-electron chi connectivity index (χ0n) is 6.48. The first-order chi connectivity index (χ1) is 6.48. The molecule has 0 radical (unpaired) electrons. The summed E-state index contributed by atoms with van der Waals surface area (Å²) in [5.74, 6) is -25.1. The van der Waals surface area contributed by atoms with Crippen molar-refractivity contribution in [3.8, 4) is 0 Å². The highest BCUT2D eigenvalue weighted by Crippen LogP contribution is 2.57. The molecule has 0 aromatic rings. The SMILES string of the molecule is FC1=C(F)C(F)(F)C(F)(F)C(F)(F)C1F. The predicted molar refractivity (Wildman–Crippen MR) is 29.0 cm³/mol. The third-order valence-corrected chi connectivity index (χ3v) is 1.84. The maximum Gasteiger partial charge on any atom is 0.382 e. The fraction of sp³-hybridized carbons (Fsp3) is 0.667. The van der Waals surface area contributed by atoms with E-state index in [-0.39, 0.29) is 0 Å². The van der Waals surface area contributed by atoms with Crippen molar-refractivity contribution in [1.82, 2.24) is 0 Å². The summed E-state index contributed by atoms with van der Waals surface area (Å²) in [6.07, 6.45) is -4.42. The summed E-state index contributed by atoms with van der Waals surface area (Å²) in [4.78, 5) is 0. The van der Waals surface area contributed by atoms with Gasteiger partial charge in [-0.3, -0.25) is 0 Å². The van der Waals surface area contributed by atoms with Gasteiger partial charge in [-0.25, -0.2) is 13.2 Å². The molecule has 1 aliphatic carbocycles. The number of halogens is 9. The van der Waals surface area contributed by atoms with E-state index in [4.69, 9.17) is 0 Å². The monoisotopic (exact) mass is 244 g/mol. The van der Waals surface area contributed by atoms with E-state index in [9.17, 15) is 39.5 Å². The van der Waals surface area contributed by atoms with Crippen LogP contribution in [0.25, 0.3) is 0 Å². The summed E-state index contributed by atoms with van der Waals surface area (Å²) >= 11 is 0. The van der Waals surface area contributed by atoms with Gasteiger partial charge in [0.2, 0.25) is 12.0 Å². The second-order valence-corrected chi connectivity index (χ2v) is 2.80. The minimum Gasteiger partial charge on any atom is -0.233 e. The summed E-state index contributed by atoms with van der Waals surface area (Å²) < 4.78 is 110. The average molecular weight is 244 g/mol. The molecule has 1 unspecified atom stereocenters. The Morgan fingerprint density at radius 2 is 1.27 bits per heavy atom. The van der Waals surface area contributed by atoms with E-state index in [1.165, 1.54) is 0 Å². The lowest BCUT2D eigenvalue weighted by molar-refractivity contribution is -0.324. The molecule has 0 aliphatic heterocycles. The molecule has 0 aromatic heterocycles. The van der Waals surface area contributed by atoms with Crippen molar-refractivity contribution < 1.29 is 39.5 Å². The van der Waals surface area contributed by atoms with E-state index in [1.807, 2.05) is 0 Å². The summed E-state index contributed by atoms with van der Waals surface area (Å²) in [6, 6.07) is 0. The Kier molecular flexibility index (Phi) is 2.29. The van der Waals surface area contributed by atoms with Gasteiger partial charge in [0, 0.05) is 0 Å². The molecule has 0 N–H and O–H groups in total. The van der Waals surface area contributed by atoms with E-state index in [1.54, 1.807) is 0 Å². The Bertz CT molecular complexity index is 315. The van der Waals surface area contributed by atoms with Crippen molar-refractivity contribution in [1.29, 1.82) is 0 Å². The van der Waals surface area contributed by atoms with Gasteiger partial charge in [0.05, 0.1) is 0 Å². The van der Waals surface area contributed by atoms with E-state index in [2.05, 4.69) is 0 Å². The van der Waals surface area contributed by atoms with Crippen molar-refractivity contribution in [2.24, 2.45) is 0 Å². The molecular formula is C6HF9. The van der Waals surface area contributed by atoms with Gasteiger partial charge < -0.3 is 0 Å². The fourth-order valence-electron chi connectivity index (χ4n) is 0.927. The first-order valence-electron chi connectivity index (χ1n) is 3.31. The lowest BCUT2D eigenvalue weighted by Gasteiger charge is -2.36. The van der Waals surface area contributed by atoms with Crippen LogP contribution in [0.5, 0.6) is 0 Å². The van der Waals surface area contributed by atoms with Gasteiger partial charge in [-0.1, -0.05) is 0 Å². The Morgan fingerprint density at radius 3 is 1.67 bits per heavy atom. The lowest BCUT2D eigenvalue weighted by Crippen LogP contribution is -2.62. The van der Waals surface area contributed by atoms with Gasteiger partial charge in [-0.2, -0.15) is 26.3 Å². The van der Waals surface area contributed by atoms with Gasteiger partial charge in [-0.15, -0.1) is 0 Å². The molecule has 0 bridgehead atoms. The highest BCUT2D eigenvalue weighted by Gasteiger charge is 2.81. The zero-order valence-corrected chi connectivity index (χ0v) is 6.48. The summed E-state index contributed by atoms with van der Waals surface area (Å²) in [6.45, 7) is 0. The molecule has 1 rings (SSSR count). The van der Waals surface area contributed by atoms with Crippen LogP contribution in [0.4, 0.5) is 39.5 Å². The molecule has 88 valence electrons. The number of hydrogen-bond acceptors (Lipinski definition) is 0. The van der Waals surface area contributed by atoms with E-state index in [0.717, 1.165) is 0 Å². The van der Waals surface area contributed by atoms with Crippen LogP contribution in [0.1, 0.15) is 0 Å². The predicted octanol–water partition coefficient (Wildman–Crippen LogP) is 3.39. The number of allylic oxidation sites excluding steroid dienone is 2. The molecule has 1 atom stereocenters. The zero-order chi connectivity index (χ0) is 12.2. The van der Waals surface area contributed by atoms with E-state index in [0.29, 0.717) is 0 Å². The Morgan fingerprint density at radius 1 is 0.867 bits per heavy atom. The third-order valence-electron chi connectivity index (χ3n) is 1.84. The topological polar surface area (TPSA) is 0 Å². The molecule has 0 aromatic carbocycles. The van der Waals surface area contributed by atoms with Crippen LogP contribution < -0.4 is 0 Å². The van der Waals surface area contributed by atoms with E-state index >= 15 is 0 Å². The molecule has 0 nitrogen and oxygen atoms in total. The van der Waals surface area contributed by atoms with Crippen molar-refractivity contribution in [2.75, 3.05) is 0 Å². The van der Waals surface area contributed by atoms with Gasteiger partial charge in [0.1, 0.15) is 0 Å². The van der Waals surface area contributed by atoms with E-state index < -0.39 is 35.6 Å². The standard InChI is InChI=1S/C6HF9/c7-1-2(8)4(10,11)6(14,15)5(12,13)3(1)9/h2H. The number of alkyl halides is 7. The number of rotatable bonds is 0. The smallest absolute Gasteiger partial charge is 0.233 e. The van der Waals surface area contributed by atoms with Crippen LogP contribution in [-0.2, 0) is 0 Å². The maximum absolute atomic E-state index is 12.3. The normalized spacial score (nSPS) is 33.0. The molecule has 0 heterocycles. The van der Waals surface area contributed by atoms with Crippen LogP contribution in [0.3, 0.4) is 0 Å². The highest BCUT2D eigenvalue weighted by atomic mass is 19.4. The number of hydrogen-bond donors (Lipinski definition) is 0. The minimum absolute atomic E-state index is 3.21. The molecule has 0 fully saturated rings. The maximum atomic E-state index is 12.3. The molecule has 0 amide bonds. The molecular weight excluding hydrogens is 243 g/mol. The van der Waals surface area contributed by atoms with Crippen LogP contribution in [0.2, 0.25) is 0 Å². The molecule has 0 spiro atoms. The first-order valence-corrected chi connectivity index (χ1v) is 3.31. The summed E-state index contributed by atoms with van der Waals surface area (Å²) in [7, 11) is 0. The Hall–Kier alpha value is -0.890. The second kappa shape index (κ2) is 2.82. The largest absolute Gasteiger partial charge is 0.382 e. The Labute approximate surface area is 76.4 Å². The summed E-state index contributed by atoms with van der Waals surface area (Å²) in [5.41, 5.74) is 0. The molecule has 0 saturated heterocycles. The molecule has 15 heavy (non-hydrogen) atoms. The van der Waals surface area contributed by atoms with Crippen LogP contribution in [-0.4, -0.2) is 23.9 Å². The molecule has 9 heteroatoms. The van der Waals surface area contributed by atoms with Crippen molar-refractivity contribution in [3.63, 3.8) is 0 Å².